The number of hydrogen-bond donors (Lipinski definition) is 1. The minimum absolute atomic E-state index is 0.150. The lowest BCUT2D eigenvalue weighted by Gasteiger charge is -2.32. The number of nitrogens with one attached hydrogen (secondary N) is 1. The van der Waals surface area contributed by atoms with Crippen LogP contribution in [0.4, 0.5) is 0 Å². The van der Waals surface area contributed by atoms with Crippen LogP contribution >= 0.6 is 11.3 Å². The van der Waals surface area contributed by atoms with Crippen molar-refractivity contribution < 1.29 is 13.2 Å². The van der Waals surface area contributed by atoms with Crippen molar-refractivity contribution in [2.75, 3.05) is 13.1 Å². The molecule has 32 heavy (non-hydrogen) atoms. The van der Waals surface area contributed by atoms with E-state index >= 15 is 0 Å². The Balaban J connectivity index is 1.51. The molecule has 1 amide bonds. The van der Waals surface area contributed by atoms with E-state index in [0.717, 1.165) is 27.2 Å². The molecule has 3 aromatic rings. The van der Waals surface area contributed by atoms with Crippen molar-refractivity contribution in [2.45, 2.75) is 38.1 Å². The van der Waals surface area contributed by atoms with Crippen LogP contribution in [0.5, 0.6) is 0 Å². The fourth-order valence-corrected chi connectivity index (χ4v) is 6.18. The average molecular weight is 470 g/mol. The summed E-state index contributed by atoms with van der Waals surface area (Å²) in [6.07, 6.45) is 2.80. The van der Waals surface area contributed by atoms with Gasteiger partial charge < -0.3 is 4.90 Å². The van der Waals surface area contributed by atoms with Gasteiger partial charge in [0, 0.05) is 13.1 Å². The predicted octanol–water partition coefficient (Wildman–Crippen LogP) is 4.22. The Morgan fingerprint density at radius 1 is 1.16 bits per heavy atom. The van der Waals surface area contributed by atoms with E-state index in [9.17, 15) is 13.2 Å². The molecule has 0 aliphatic carbocycles. The van der Waals surface area contributed by atoms with Crippen molar-refractivity contribution in [3.63, 3.8) is 0 Å². The van der Waals surface area contributed by atoms with Crippen molar-refractivity contribution in [1.82, 2.24) is 14.6 Å². The number of carbonyl (C=O) groups is 1. The van der Waals surface area contributed by atoms with Crippen LogP contribution in [-0.2, 0) is 14.8 Å². The number of hydrogen-bond acceptors (Lipinski definition) is 5. The average Bonchev–Trinajstić information content (AvgIpc) is 3.17. The van der Waals surface area contributed by atoms with Gasteiger partial charge in [-0.2, -0.15) is 4.72 Å². The number of thiazole rings is 1. The fourth-order valence-electron chi connectivity index (χ4n) is 3.87. The van der Waals surface area contributed by atoms with Crippen LogP contribution in [0, 0.1) is 12.8 Å². The van der Waals surface area contributed by atoms with Gasteiger partial charge in [0.1, 0.15) is 6.04 Å². The Labute approximate surface area is 193 Å². The highest BCUT2D eigenvalue weighted by Gasteiger charge is 2.32. The van der Waals surface area contributed by atoms with Gasteiger partial charge in [-0.1, -0.05) is 50.3 Å². The Hall–Kier alpha value is -2.55. The van der Waals surface area contributed by atoms with Gasteiger partial charge in [-0.05, 0) is 48.6 Å². The molecule has 2 aromatic carbocycles. The zero-order chi connectivity index (χ0) is 22.9. The highest BCUT2D eigenvalue weighted by Crippen LogP contribution is 2.26. The molecule has 0 bridgehead atoms. The number of benzene rings is 2. The molecule has 1 aliphatic rings. The Kier molecular flexibility index (Phi) is 6.46. The zero-order valence-electron chi connectivity index (χ0n) is 18.4. The molecule has 1 N–H and O–H groups in total. The molecular weight excluding hydrogens is 442 g/mol. The smallest absolute Gasteiger partial charge is 0.241 e. The van der Waals surface area contributed by atoms with E-state index in [1.807, 2.05) is 39.0 Å². The van der Waals surface area contributed by atoms with Crippen molar-refractivity contribution in [3.8, 4) is 0 Å². The standard InChI is InChI=1S/C24H27N3O3S2/c1-16(2)23(24(28)27-13-11-19(12-14-27)18-7-5-4-6-8-18)26-32(29,30)20-9-10-21-22(15-20)31-17(3)25-21/h4-11,15-16,23,26H,12-14H2,1-3H3/t23-/m0/s1. The van der Waals surface area contributed by atoms with Gasteiger partial charge in [-0.3, -0.25) is 4.79 Å². The van der Waals surface area contributed by atoms with Gasteiger partial charge in [0.05, 0.1) is 20.1 Å². The third kappa shape index (κ3) is 4.77. The van der Waals surface area contributed by atoms with E-state index in [4.69, 9.17) is 0 Å². The van der Waals surface area contributed by atoms with Crippen LogP contribution in [0.1, 0.15) is 30.8 Å². The number of aromatic nitrogens is 1. The topological polar surface area (TPSA) is 79.4 Å². The molecule has 1 aliphatic heterocycles. The van der Waals surface area contributed by atoms with Crippen LogP contribution in [0.2, 0.25) is 0 Å². The number of amides is 1. The van der Waals surface area contributed by atoms with Gasteiger partial charge in [0.2, 0.25) is 15.9 Å². The molecular formula is C24H27N3O3S2. The first-order valence-corrected chi connectivity index (χ1v) is 13.0. The molecule has 6 nitrogen and oxygen atoms in total. The van der Waals surface area contributed by atoms with E-state index in [1.54, 1.807) is 23.1 Å². The van der Waals surface area contributed by atoms with Crippen molar-refractivity contribution in [2.24, 2.45) is 5.92 Å². The predicted molar refractivity (Wildman–Crippen MR) is 129 cm³/mol. The number of fused-ring (bicyclic) bond motifs is 1. The quantitative estimate of drug-likeness (QED) is 0.586. The minimum atomic E-state index is -3.86. The van der Waals surface area contributed by atoms with Crippen LogP contribution in [0.3, 0.4) is 0 Å². The highest BCUT2D eigenvalue weighted by atomic mass is 32.2. The maximum absolute atomic E-state index is 13.3. The zero-order valence-corrected chi connectivity index (χ0v) is 20.0. The van der Waals surface area contributed by atoms with E-state index in [1.165, 1.54) is 16.9 Å². The molecule has 0 spiro atoms. The lowest BCUT2D eigenvalue weighted by Crippen LogP contribution is -2.52. The van der Waals surface area contributed by atoms with E-state index in [0.29, 0.717) is 13.1 Å². The first-order valence-electron chi connectivity index (χ1n) is 10.7. The Morgan fingerprint density at radius 3 is 2.56 bits per heavy atom. The maximum Gasteiger partial charge on any atom is 0.241 e. The van der Waals surface area contributed by atoms with Crippen molar-refractivity contribution in [1.29, 1.82) is 0 Å². The second kappa shape index (κ2) is 9.13. The third-order valence-electron chi connectivity index (χ3n) is 5.66. The summed E-state index contributed by atoms with van der Waals surface area (Å²) < 4.78 is 29.7. The summed E-state index contributed by atoms with van der Waals surface area (Å²) in [5.74, 6) is -0.382. The van der Waals surface area contributed by atoms with Crippen LogP contribution in [0.25, 0.3) is 15.8 Å². The molecule has 4 rings (SSSR count). The summed E-state index contributed by atoms with van der Waals surface area (Å²) in [5, 5.41) is 0.880. The normalized spacial score (nSPS) is 15.8. The van der Waals surface area contributed by atoms with E-state index in [-0.39, 0.29) is 16.7 Å². The van der Waals surface area contributed by atoms with Gasteiger partial charge in [-0.15, -0.1) is 11.3 Å². The van der Waals surface area contributed by atoms with Gasteiger partial charge in [-0.25, -0.2) is 13.4 Å². The second-order valence-electron chi connectivity index (χ2n) is 8.34. The van der Waals surface area contributed by atoms with Crippen LogP contribution in [0.15, 0.2) is 59.5 Å². The van der Waals surface area contributed by atoms with E-state index in [2.05, 4.69) is 27.9 Å². The summed E-state index contributed by atoms with van der Waals surface area (Å²) in [6.45, 7) is 6.64. The second-order valence-corrected chi connectivity index (χ2v) is 11.3. The number of nitrogens with zero attached hydrogens (tertiary/aromatic N) is 2. The minimum Gasteiger partial charge on any atom is -0.337 e. The summed E-state index contributed by atoms with van der Waals surface area (Å²) >= 11 is 1.45. The molecule has 0 saturated heterocycles. The first kappa shape index (κ1) is 22.6. The number of rotatable bonds is 6. The molecule has 1 aromatic heterocycles. The third-order valence-corrected chi connectivity index (χ3v) is 8.03. The molecule has 0 saturated carbocycles. The number of sulfonamides is 1. The van der Waals surface area contributed by atoms with Crippen molar-refractivity contribution >= 4 is 43.1 Å². The van der Waals surface area contributed by atoms with Crippen LogP contribution in [-0.4, -0.2) is 43.3 Å². The molecule has 1 atom stereocenters. The van der Waals surface area contributed by atoms with Gasteiger partial charge >= 0.3 is 0 Å². The fraction of sp³-hybridized carbons (Fsp3) is 0.333. The number of carbonyl (C=O) groups excluding carboxylic acids is 1. The maximum atomic E-state index is 13.3. The Morgan fingerprint density at radius 2 is 1.91 bits per heavy atom. The summed E-state index contributed by atoms with van der Waals surface area (Å²) in [4.78, 5) is 19.5. The lowest BCUT2D eigenvalue weighted by atomic mass is 9.98. The molecule has 8 heteroatoms. The molecule has 0 unspecified atom stereocenters. The largest absolute Gasteiger partial charge is 0.337 e. The van der Waals surface area contributed by atoms with Gasteiger partial charge in [0.25, 0.3) is 0 Å². The lowest BCUT2D eigenvalue weighted by molar-refractivity contribution is -0.133. The summed E-state index contributed by atoms with van der Waals surface area (Å²) in [5.41, 5.74) is 3.15. The van der Waals surface area contributed by atoms with Gasteiger partial charge in [0.15, 0.2) is 0 Å². The number of aryl methyl sites for hydroxylation is 1. The van der Waals surface area contributed by atoms with Crippen LogP contribution < -0.4 is 4.72 Å². The summed E-state index contributed by atoms with van der Waals surface area (Å²) in [6, 6.07) is 14.2. The SMILES string of the molecule is Cc1nc2ccc(S(=O)(=O)N[C@H](C(=O)N3CC=C(c4ccccc4)CC3)C(C)C)cc2s1. The van der Waals surface area contributed by atoms with E-state index < -0.39 is 16.1 Å². The highest BCUT2D eigenvalue weighted by molar-refractivity contribution is 7.89. The molecule has 168 valence electrons. The molecule has 0 radical (unpaired) electrons. The summed E-state index contributed by atoms with van der Waals surface area (Å²) in [7, 11) is -3.86. The molecule has 2 heterocycles. The van der Waals surface area contributed by atoms with Crippen molar-refractivity contribution in [3.05, 3.63) is 65.2 Å². The monoisotopic (exact) mass is 469 g/mol. The Bertz CT molecular complexity index is 1260. The molecule has 0 fully saturated rings. The first-order chi connectivity index (χ1) is 15.2.